The molecular weight excluding hydrogens is 256 g/mol. The molecular formula is C12H13ClN2O3. The lowest BCUT2D eigenvalue weighted by atomic mass is 10.2. The minimum atomic E-state index is -0.483. The molecule has 5 nitrogen and oxygen atoms in total. The maximum absolute atomic E-state index is 5.55. The molecule has 0 aliphatic carbocycles. The van der Waals surface area contributed by atoms with Gasteiger partial charge in [-0.1, -0.05) is 11.6 Å². The number of aromatic nitrogens is 2. The van der Waals surface area contributed by atoms with Crippen LogP contribution in [0.4, 0.5) is 0 Å². The van der Waals surface area contributed by atoms with Crippen molar-refractivity contribution in [3.8, 4) is 5.75 Å². The van der Waals surface area contributed by atoms with Gasteiger partial charge in [-0.25, -0.2) is 9.97 Å². The topological polar surface area (TPSA) is 53.5 Å². The van der Waals surface area contributed by atoms with Gasteiger partial charge in [0.05, 0.1) is 5.52 Å². The third-order valence-corrected chi connectivity index (χ3v) is 2.50. The van der Waals surface area contributed by atoms with E-state index in [9.17, 15) is 0 Å². The molecule has 2 aromatic rings. The minimum absolute atomic E-state index is 0.0623. The molecule has 1 aromatic carbocycles. The van der Waals surface area contributed by atoms with Crippen LogP contribution in [0.5, 0.6) is 5.75 Å². The number of ether oxygens (including phenoxy) is 3. The summed E-state index contributed by atoms with van der Waals surface area (Å²) in [7, 11) is 1.54. The zero-order valence-electron chi connectivity index (χ0n) is 9.88. The average Bonchev–Trinajstić information content (AvgIpc) is 2.43. The number of fused-ring (bicyclic) bond motifs is 1. The number of alkyl halides is 1. The van der Waals surface area contributed by atoms with Gasteiger partial charge in [0.25, 0.3) is 0 Å². The van der Waals surface area contributed by atoms with Crippen LogP contribution in [0, 0.1) is 0 Å². The number of halogens is 1. The number of benzene rings is 1. The highest BCUT2D eigenvalue weighted by Crippen LogP contribution is 2.18. The van der Waals surface area contributed by atoms with Crippen LogP contribution in [0.25, 0.3) is 10.9 Å². The molecule has 0 aliphatic rings. The number of rotatable bonds is 6. The molecule has 0 amide bonds. The van der Waals surface area contributed by atoms with E-state index in [2.05, 4.69) is 9.97 Å². The summed E-state index contributed by atoms with van der Waals surface area (Å²) in [6.45, 7) is 0.264. The third-order valence-electron chi connectivity index (χ3n) is 2.38. The molecule has 1 heterocycles. The van der Waals surface area contributed by atoms with E-state index in [1.807, 2.05) is 18.2 Å². The van der Waals surface area contributed by atoms with E-state index in [4.69, 9.17) is 25.8 Å². The van der Waals surface area contributed by atoms with E-state index in [0.717, 1.165) is 10.9 Å². The van der Waals surface area contributed by atoms with Crippen molar-refractivity contribution in [3.63, 3.8) is 0 Å². The number of methoxy groups -OCH3 is 1. The van der Waals surface area contributed by atoms with E-state index in [0.29, 0.717) is 5.75 Å². The Kier molecular flexibility index (Phi) is 4.69. The van der Waals surface area contributed by atoms with Crippen molar-refractivity contribution >= 4 is 22.5 Å². The molecule has 6 heteroatoms. The summed E-state index contributed by atoms with van der Waals surface area (Å²) >= 11 is 5.46. The van der Waals surface area contributed by atoms with E-state index < -0.39 is 6.29 Å². The summed E-state index contributed by atoms with van der Waals surface area (Å²) in [5.41, 5.74) is 0.828. The summed E-state index contributed by atoms with van der Waals surface area (Å²) in [6.07, 6.45) is 2.77. The van der Waals surface area contributed by atoms with Gasteiger partial charge in [-0.3, -0.25) is 0 Å². The zero-order chi connectivity index (χ0) is 12.8. The van der Waals surface area contributed by atoms with Gasteiger partial charge >= 0.3 is 0 Å². The van der Waals surface area contributed by atoms with Gasteiger partial charge in [0.15, 0.2) is 6.29 Å². The van der Waals surface area contributed by atoms with Crippen molar-refractivity contribution in [1.29, 1.82) is 0 Å². The Hall–Kier alpha value is -1.43. The van der Waals surface area contributed by atoms with Crippen LogP contribution in [0.1, 0.15) is 0 Å². The molecule has 0 fully saturated rings. The second-order valence-electron chi connectivity index (χ2n) is 3.50. The van der Waals surface area contributed by atoms with Crippen LogP contribution in [-0.2, 0) is 9.47 Å². The van der Waals surface area contributed by atoms with Crippen molar-refractivity contribution in [2.24, 2.45) is 0 Å². The Labute approximate surface area is 110 Å². The predicted molar refractivity (Wildman–Crippen MR) is 67.6 cm³/mol. The van der Waals surface area contributed by atoms with Crippen LogP contribution in [0.3, 0.4) is 0 Å². The van der Waals surface area contributed by atoms with Crippen LogP contribution >= 0.6 is 11.6 Å². The molecule has 2 rings (SSSR count). The summed E-state index contributed by atoms with van der Waals surface area (Å²) in [4.78, 5) is 8.10. The third kappa shape index (κ3) is 3.29. The molecule has 1 aromatic heterocycles. The fourth-order valence-corrected chi connectivity index (χ4v) is 1.60. The first-order valence-corrected chi connectivity index (χ1v) is 5.90. The van der Waals surface area contributed by atoms with Crippen molar-refractivity contribution in [3.05, 3.63) is 30.7 Å². The van der Waals surface area contributed by atoms with Crippen molar-refractivity contribution in [1.82, 2.24) is 9.97 Å². The second kappa shape index (κ2) is 6.49. The Morgan fingerprint density at radius 2 is 2.28 bits per heavy atom. The lowest BCUT2D eigenvalue weighted by Gasteiger charge is -2.15. The molecule has 0 saturated carbocycles. The van der Waals surface area contributed by atoms with E-state index in [-0.39, 0.29) is 12.7 Å². The quantitative estimate of drug-likeness (QED) is 0.594. The fourth-order valence-electron chi connectivity index (χ4n) is 1.46. The number of nitrogens with zero attached hydrogens (tertiary/aromatic N) is 2. The van der Waals surface area contributed by atoms with E-state index in [1.54, 1.807) is 6.20 Å². The normalized spacial score (nSPS) is 12.6. The first kappa shape index (κ1) is 13.0. The van der Waals surface area contributed by atoms with Gasteiger partial charge in [-0.2, -0.15) is 0 Å². The first-order valence-electron chi connectivity index (χ1n) is 5.36. The molecule has 0 aliphatic heterocycles. The number of hydrogen-bond donors (Lipinski definition) is 0. The fraction of sp³-hybridized carbons (Fsp3) is 0.333. The summed E-state index contributed by atoms with van der Waals surface area (Å²) in [5, 5.41) is 0.963. The van der Waals surface area contributed by atoms with Crippen LogP contribution < -0.4 is 4.74 Å². The van der Waals surface area contributed by atoms with Crippen LogP contribution in [0.15, 0.2) is 30.7 Å². The Morgan fingerprint density at radius 1 is 1.39 bits per heavy atom. The Bertz CT molecular complexity index is 509. The average molecular weight is 269 g/mol. The van der Waals surface area contributed by atoms with Gasteiger partial charge < -0.3 is 14.2 Å². The molecule has 0 bridgehead atoms. The molecule has 0 radical (unpaired) electrons. The molecule has 0 spiro atoms. The smallest absolute Gasteiger partial charge is 0.192 e. The van der Waals surface area contributed by atoms with Gasteiger partial charge in [0, 0.05) is 24.8 Å². The Balaban J connectivity index is 2.03. The molecule has 0 saturated heterocycles. The van der Waals surface area contributed by atoms with E-state index in [1.165, 1.54) is 13.4 Å². The summed E-state index contributed by atoms with van der Waals surface area (Å²) in [5.74, 6) is 0.696. The molecule has 18 heavy (non-hydrogen) atoms. The van der Waals surface area contributed by atoms with Crippen LogP contribution in [-0.4, -0.2) is 36.0 Å². The molecule has 1 atom stereocenters. The van der Waals surface area contributed by atoms with Gasteiger partial charge in [-0.15, -0.1) is 0 Å². The number of hydrogen-bond acceptors (Lipinski definition) is 5. The Morgan fingerprint density at radius 3 is 3.06 bits per heavy atom. The lowest BCUT2D eigenvalue weighted by Crippen LogP contribution is -2.23. The highest BCUT2D eigenvalue weighted by Gasteiger charge is 2.08. The first-order chi connectivity index (χ1) is 8.83. The SMILES string of the molecule is COC(COc1ccc2cncnc2c1)OCCl. The maximum atomic E-state index is 5.55. The highest BCUT2D eigenvalue weighted by atomic mass is 35.5. The lowest BCUT2D eigenvalue weighted by molar-refractivity contribution is -0.128. The zero-order valence-corrected chi connectivity index (χ0v) is 10.6. The summed E-state index contributed by atoms with van der Waals surface area (Å²) < 4.78 is 15.7. The summed E-state index contributed by atoms with van der Waals surface area (Å²) in [6, 6.07) is 5.64. The van der Waals surface area contributed by atoms with Crippen molar-refractivity contribution < 1.29 is 14.2 Å². The van der Waals surface area contributed by atoms with Gasteiger partial charge in [-0.05, 0) is 12.1 Å². The minimum Gasteiger partial charge on any atom is -0.488 e. The maximum Gasteiger partial charge on any atom is 0.192 e. The monoisotopic (exact) mass is 268 g/mol. The standard InChI is InChI=1S/C12H13ClN2O3/c1-16-12(18-7-13)6-17-10-3-2-9-5-14-8-15-11(9)4-10/h2-5,8,12H,6-7H2,1H3. The van der Waals surface area contributed by atoms with Crippen molar-refractivity contribution in [2.45, 2.75) is 6.29 Å². The molecule has 1 unspecified atom stereocenters. The van der Waals surface area contributed by atoms with Gasteiger partial charge in [0.2, 0.25) is 0 Å². The van der Waals surface area contributed by atoms with E-state index >= 15 is 0 Å². The van der Waals surface area contributed by atoms with Gasteiger partial charge in [0.1, 0.15) is 24.7 Å². The largest absolute Gasteiger partial charge is 0.488 e. The highest BCUT2D eigenvalue weighted by molar-refractivity contribution is 6.17. The van der Waals surface area contributed by atoms with Crippen molar-refractivity contribution in [2.75, 3.05) is 19.8 Å². The van der Waals surface area contributed by atoms with Crippen LogP contribution in [0.2, 0.25) is 0 Å². The molecule has 96 valence electrons. The second-order valence-corrected chi connectivity index (χ2v) is 3.71. The predicted octanol–water partition coefficient (Wildman–Crippen LogP) is 2.19. The molecule has 0 N–H and O–H groups in total.